The van der Waals surface area contributed by atoms with E-state index in [0.29, 0.717) is 12.1 Å². The van der Waals surface area contributed by atoms with Crippen molar-refractivity contribution in [3.8, 4) is 0 Å². The molecule has 0 radical (unpaired) electrons. The Kier molecular flexibility index (Phi) is 6.07. The minimum Gasteiger partial charge on any atom is -0.367 e. The van der Waals surface area contributed by atoms with Crippen molar-refractivity contribution in [3.63, 3.8) is 0 Å². The van der Waals surface area contributed by atoms with Gasteiger partial charge < -0.3 is 15.1 Å². The summed E-state index contributed by atoms with van der Waals surface area (Å²) in [6, 6.07) is 10.3. The van der Waals surface area contributed by atoms with E-state index in [9.17, 15) is 0 Å². The van der Waals surface area contributed by atoms with Crippen molar-refractivity contribution < 1.29 is 0 Å². The first-order valence-corrected chi connectivity index (χ1v) is 8.44. The second kappa shape index (κ2) is 7.81. The fraction of sp³-hybridized carbons (Fsp3) is 0.667. The average molecular weight is 289 g/mol. The van der Waals surface area contributed by atoms with Gasteiger partial charge in [0, 0.05) is 30.9 Å². The summed E-state index contributed by atoms with van der Waals surface area (Å²) in [6.45, 7) is 11.3. The summed E-state index contributed by atoms with van der Waals surface area (Å²) < 4.78 is 0. The number of nitrogens with one attached hydrogen (secondary N) is 1. The Hall–Kier alpha value is -1.06. The molecule has 21 heavy (non-hydrogen) atoms. The summed E-state index contributed by atoms with van der Waals surface area (Å²) >= 11 is 0. The van der Waals surface area contributed by atoms with Gasteiger partial charge in [-0.3, -0.25) is 0 Å². The standard InChI is InChI=1S/C18H31N3/c1-5-18(19-6-2)16-8-10-17(11-9-16)21-13-7-12-20(4)14-15(21)3/h8-11,15,18-19H,5-7,12-14H2,1-4H3. The Morgan fingerprint density at radius 2 is 1.90 bits per heavy atom. The average Bonchev–Trinajstić information content (AvgIpc) is 2.65. The van der Waals surface area contributed by atoms with Crippen LogP contribution in [0.15, 0.2) is 24.3 Å². The molecule has 2 atom stereocenters. The molecule has 0 spiro atoms. The van der Waals surface area contributed by atoms with Gasteiger partial charge in [0.1, 0.15) is 0 Å². The molecular weight excluding hydrogens is 258 g/mol. The van der Waals surface area contributed by atoms with Crippen LogP contribution in [0.5, 0.6) is 0 Å². The van der Waals surface area contributed by atoms with Gasteiger partial charge in [0.15, 0.2) is 0 Å². The van der Waals surface area contributed by atoms with Gasteiger partial charge in [0.2, 0.25) is 0 Å². The smallest absolute Gasteiger partial charge is 0.0388 e. The Balaban J connectivity index is 2.10. The highest BCUT2D eigenvalue weighted by Gasteiger charge is 2.20. The molecule has 0 bridgehead atoms. The molecule has 0 aromatic heterocycles. The monoisotopic (exact) mass is 289 g/mol. The van der Waals surface area contributed by atoms with Crippen LogP contribution in [0.3, 0.4) is 0 Å². The Labute approximate surface area is 130 Å². The van der Waals surface area contributed by atoms with E-state index >= 15 is 0 Å². The van der Waals surface area contributed by atoms with Crippen LogP contribution in [0, 0.1) is 0 Å². The predicted octanol–water partition coefficient (Wildman–Crippen LogP) is 3.28. The molecule has 0 saturated carbocycles. The lowest BCUT2D eigenvalue weighted by atomic mass is 10.0. The van der Waals surface area contributed by atoms with Crippen LogP contribution < -0.4 is 10.2 Å². The molecule has 1 saturated heterocycles. The maximum atomic E-state index is 3.55. The Bertz CT molecular complexity index is 415. The lowest BCUT2D eigenvalue weighted by Crippen LogP contribution is -2.37. The molecule has 1 aromatic rings. The molecule has 0 amide bonds. The van der Waals surface area contributed by atoms with E-state index in [4.69, 9.17) is 0 Å². The van der Waals surface area contributed by atoms with Gasteiger partial charge in [-0.25, -0.2) is 0 Å². The quantitative estimate of drug-likeness (QED) is 0.897. The van der Waals surface area contributed by atoms with E-state index in [2.05, 4.69) is 67.2 Å². The molecule has 1 N–H and O–H groups in total. The van der Waals surface area contributed by atoms with E-state index in [-0.39, 0.29) is 0 Å². The van der Waals surface area contributed by atoms with Crippen molar-refractivity contribution in [1.29, 1.82) is 0 Å². The van der Waals surface area contributed by atoms with Crippen molar-refractivity contribution in [2.45, 2.75) is 45.7 Å². The van der Waals surface area contributed by atoms with Gasteiger partial charge in [0.05, 0.1) is 0 Å². The van der Waals surface area contributed by atoms with Crippen LogP contribution in [0.2, 0.25) is 0 Å². The minimum absolute atomic E-state index is 0.483. The van der Waals surface area contributed by atoms with E-state index in [0.717, 1.165) is 26.1 Å². The van der Waals surface area contributed by atoms with E-state index in [1.54, 1.807) is 0 Å². The molecule has 1 aliphatic rings. The van der Waals surface area contributed by atoms with Gasteiger partial charge >= 0.3 is 0 Å². The van der Waals surface area contributed by atoms with Crippen LogP contribution in [-0.2, 0) is 0 Å². The summed E-state index contributed by atoms with van der Waals surface area (Å²) in [5, 5.41) is 3.55. The fourth-order valence-electron chi connectivity index (χ4n) is 3.40. The minimum atomic E-state index is 0.483. The first-order chi connectivity index (χ1) is 10.2. The molecule has 3 nitrogen and oxygen atoms in total. The highest BCUT2D eigenvalue weighted by molar-refractivity contribution is 5.49. The molecule has 3 heteroatoms. The number of likely N-dealkylation sites (N-methyl/N-ethyl adjacent to an activating group) is 1. The third-order valence-electron chi connectivity index (χ3n) is 4.53. The van der Waals surface area contributed by atoms with E-state index < -0.39 is 0 Å². The number of anilines is 1. The SMILES string of the molecule is CCNC(CC)c1ccc(N2CCCN(C)CC2C)cc1. The number of benzene rings is 1. The van der Waals surface area contributed by atoms with E-state index in [1.165, 1.54) is 24.2 Å². The lowest BCUT2D eigenvalue weighted by Gasteiger charge is -2.30. The number of rotatable bonds is 5. The van der Waals surface area contributed by atoms with Gasteiger partial charge in [-0.2, -0.15) is 0 Å². The maximum Gasteiger partial charge on any atom is 0.0388 e. The Morgan fingerprint density at radius 1 is 1.19 bits per heavy atom. The van der Waals surface area contributed by atoms with Crippen molar-refractivity contribution in [1.82, 2.24) is 10.2 Å². The summed E-state index contributed by atoms with van der Waals surface area (Å²) in [6.07, 6.45) is 2.38. The molecule has 118 valence electrons. The molecule has 1 aromatic carbocycles. The maximum absolute atomic E-state index is 3.55. The number of nitrogens with zero attached hydrogens (tertiary/aromatic N) is 2. The molecule has 1 fully saturated rings. The fourth-order valence-corrected chi connectivity index (χ4v) is 3.40. The topological polar surface area (TPSA) is 18.5 Å². The first kappa shape index (κ1) is 16.3. The summed E-state index contributed by atoms with van der Waals surface area (Å²) in [4.78, 5) is 5.00. The second-order valence-corrected chi connectivity index (χ2v) is 6.27. The van der Waals surface area contributed by atoms with Gasteiger partial charge in [0.25, 0.3) is 0 Å². The van der Waals surface area contributed by atoms with Crippen molar-refractivity contribution >= 4 is 5.69 Å². The summed E-state index contributed by atoms with van der Waals surface area (Å²) in [5.74, 6) is 0. The Morgan fingerprint density at radius 3 is 2.52 bits per heavy atom. The molecule has 1 heterocycles. The molecule has 2 rings (SSSR count). The zero-order valence-corrected chi connectivity index (χ0v) is 14.1. The second-order valence-electron chi connectivity index (χ2n) is 6.27. The van der Waals surface area contributed by atoms with E-state index in [1.807, 2.05) is 0 Å². The molecule has 0 aliphatic carbocycles. The van der Waals surface area contributed by atoms with Crippen LogP contribution in [-0.4, -0.2) is 44.2 Å². The van der Waals surface area contributed by atoms with Gasteiger partial charge in [-0.15, -0.1) is 0 Å². The van der Waals surface area contributed by atoms with Crippen molar-refractivity contribution in [2.24, 2.45) is 0 Å². The highest BCUT2D eigenvalue weighted by Crippen LogP contribution is 2.24. The van der Waals surface area contributed by atoms with Crippen LogP contribution in [0.1, 0.15) is 45.2 Å². The van der Waals surface area contributed by atoms with Crippen LogP contribution >= 0.6 is 0 Å². The first-order valence-electron chi connectivity index (χ1n) is 8.44. The number of hydrogen-bond acceptors (Lipinski definition) is 3. The summed E-state index contributed by atoms with van der Waals surface area (Å²) in [7, 11) is 2.23. The van der Waals surface area contributed by atoms with Gasteiger partial charge in [-0.05, 0) is 57.6 Å². The molecule has 1 aliphatic heterocycles. The normalized spacial score (nSPS) is 22.1. The van der Waals surface area contributed by atoms with Crippen molar-refractivity contribution in [3.05, 3.63) is 29.8 Å². The third kappa shape index (κ3) is 4.21. The van der Waals surface area contributed by atoms with Crippen LogP contribution in [0.25, 0.3) is 0 Å². The molecular formula is C18H31N3. The highest BCUT2D eigenvalue weighted by atomic mass is 15.2. The summed E-state index contributed by atoms with van der Waals surface area (Å²) in [5.41, 5.74) is 2.77. The predicted molar refractivity (Wildman–Crippen MR) is 92.1 cm³/mol. The third-order valence-corrected chi connectivity index (χ3v) is 4.53. The zero-order valence-electron chi connectivity index (χ0n) is 14.1. The van der Waals surface area contributed by atoms with Crippen LogP contribution in [0.4, 0.5) is 5.69 Å². The van der Waals surface area contributed by atoms with Crippen molar-refractivity contribution in [2.75, 3.05) is 38.1 Å². The number of hydrogen-bond donors (Lipinski definition) is 1. The van der Waals surface area contributed by atoms with Gasteiger partial charge in [-0.1, -0.05) is 26.0 Å². The molecule has 2 unspecified atom stereocenters. The lowest BCUT2D eigenvalue weighted by molar-refractivity contribution is 0.337. The largest absolute Gasteiger partial charge is 0.367 e. The zero-order chi connectivity index (χ0) is 15.2.